The van der Waals surface area contributed by atoms with Crippen molar-refractivity contribution < 1.29 is 17.9 Å². The smallest absolute Gasteiger partial charge is 0.348 e. The number of nitrogens with one attached hydrogen (secondary N) is 2. The molecule has 1 aromatic rings. The molecule has 0 radical (unpaired) electrons. The van der Waals surface area contributed by atoms with Crippen molar-refractivity contribution in [2.75, 3.05) is 20.2 Å². The molecule has 0 aliphatic carbocycles. The number of esters is 1. The van der Waals surface area contributed by atoms with Gasteiger partial charge in [0.05, 0.1) is 10.9 Å². The highest BCUT2D eigenvalue weighted by molar-refractivity contribution is 9.11. The van der Waals surface area contributed by atoms with Gasteiger partial charge < -0.3 is 10.1 Å². The van der Waals surface area contributed by atoms with E-state index in [9.17, 15) is 13.2 Å². The van der Waals surface area contributed by atoms with Crippen molar-refractivity contribution in [1.82, 2.24) is 10.0 Å². The fraction of sp³-hybridized carbons (Fsp3) is 0.444. The molecule has 1 fully saturated rings. The molecular weight excluding hydrogens is 344 g/mol. The normalized spacial score (nSPS) is 16.3. The molecule has 1 aromatic heterocycles. The van der Waals surface area contributed by atoms with Crippen LogP contribution < -0.4 is 10.0 Å². The molecule has 18 heavy (non-hydrogen) atoms. The van der Waals surface area contributed by atoms with Gasteiger partial charge >= 0.3 is 5.97 Å². The van der Waals surface area contributed by atoms with Crippen LogP contribution in [0.1, 0.15) is 9.67 Å². The Morgan fingerprint density at radius 2 is 2.28 bits per heavy atom. The molecule has 0 bridgehead atoms. The summed E-state index contributed by atoms with van der Waals surface area (Å²) >= 11 is 4.19. The van der Waals surface area contributed by atoms with Gasteiger partial charge in [-0.15, -0.1) is 11.3 Å². The first-order chi connectivity index (χ1) is 8.44. The topological polar surface area (TPSA) is 84.5 Å². The summed E-state index contributed by atoms with van der Waals surface area (Å²) in [5, 5.41) is 2.97. The van der Waals surface area contributed by atoms with E-state index in [1.807, 2.05) is 0 Å². The molecule has 1 aliphatic rings. The molecule has 9 heteroatoms. The number of hydrogen-bond acceptors (Lipinski definition) is 6. The molecule has 0 aromatic carbocycles. The molecule has 0 amide bonds. The van der Waals surface area contributed by atoms with Crippen LogP contribution in [-0.2, 0) is 14.8 Å². The van der Waals surface area contributed by atoms with Crippen molar-refractivity contribution in [3.8, 4) is 0 Å². The SMILES string of the molecule is COC(=O)c1cc(S(=O)(=O)NC2CNC2)c(Br)s1. The molecule has 0 unspecified atom stereocenters. The minimum atomic E-state index is -3.61. The maximum Gasteiger partial charge on any atom is 0.348 e. The van der Waals surface area contributed by atoms with Crippen LogP contribution in [0.4, 0.5) is 0 Å². The van der Waals surface area contributed by atoms with Gasteiger partial charge in [0, 0.05) is 19.1 Å². The Kier molecular flexibility index (Phi) is 4.07. The van der Waals surface area contributed by atoms with E-state index in [0.717, 1.165) is 11.3 Å². The zero-order chi connectivity index (χ0) is 13.3. The summed E-state index contributed by atoms with van der Waals surface area (Å²) in [5.41, 5.74) is 0. The predicted octanol–water partition coefficient (Wildman–Crippen LogP) is 0.547. The van der Waals surface area contributed by atoms with Gasteiger partial charge in [0.15, 0.2) is 0 Å². The molecule has 1 aliphatic heterocycles. The second-order valence-electron chi connectivity index (χ2n) is 3.72. The highest BCUT2D eigenvalue weighted by atomic mass is 79.9. The monoisotopic (exact) mass is 354 g/mol. The van der Waals surface area contributed by atoms with E-state index >= 15 is 0 Å². The minimum Gasteiger partial charge on any atom is -0.465 e. The lowest BCUT2D eigenvalue weighted by molar-refractivity contribution is 0.0606. The molecule has 2 rings (SSSR count). The van der Waals surface area contributed by atoms with Crippen LogP contribution in [0.5, 0.6) is 0 Å². The lowest BCUT2D eigenvalue weighted by atomic mass is 10.2. The maximum atomic E-state index is 12.1. The summed E-state index contributed by atoms with van der Waals surface area (Å²) in [6, 6.07) is 1.22. The first-order valence-corrected chi connectivity index (χ1v) is 8.14. The van der Waals surface area contributed by atoms with E-state index < -0.39 is 16.0 Å². The summed E-state index contributed by atoms with van der Waals surface area (Å²) in [6.07, 6.45) is 0. The van der Waals surface area contributed by atoms with Gasteiger partial charge in [0.1, 0.15) is 9.77 Å². The Hall–Kier alpha value is -0.480. The zero-order valence-electron chi connectivity index (χ0n) is 9.40. The molecule has 0 saturated carbocycles. The third-order valence-corrected chi connectivity index (χ3v) is 6.19. The Bertz CT molecular complexity index is 565. The van der Waals surface area contributed by atoms with Crippen LogP contribution in [0.15, 0.2) is 14.7 Å². The number of ether oxygens (including phenoxy) is 1. The fourth-order valence-electron chi connectivity index (χ4n) is 1.39. The van der Waals surface area contributed by atoms with Crippen molar-refractivity contribution >= 4 is 43.3 Å². The number of carbonyl (C=O) groups excluding carboxylic acids is 1. The van der Waals surface area contributed by atoms with Crippen molar-refractivity contribution in [3.63, 3.8) is 0 Å². The molecule has 1 saturated heterocycles. The standard InChI is InChI=1S/C9H11BrN2O4S2/c1-16-9(13)6-2-7(8(10)17-6)18(14,15)12-5-3-11-4-5/h2,5,11-12H,3-4H2,1H3. The third-order valence-electron chi connectivity index (χ3n) is 2.43. The van der Waals surface area contributed by atoms with Crippen molar-refractivity contribution in [2.45, 2.75) is 10.9 Å². The zero-order valence-corrected chi connectivity index (χ0v) is 12.6. The van der Waals surface area contributed by atoms with Crippen molar-refractivity contribution in [3.05, 3.63) is 14.7 Å². The molecule has 2 heterocycles. The second-order valence-corrected chi connectivity index (χ2v) is 7.77. The van der Waals surface area contributed by atoms with Gasteiger partial charge in [-0.1, -0.05) is 0 Å². The highest BCUT2D eigenvalue weighted by Crippen LogP contribution is 2.32. The summed E-state index contributed by atoms with van der Waals surface area (Å²) in [6.45, 7) is 1.23. The molecule has 2 N–H and O–H groups in total. The van der Waals surface area contributed by atoms with Crippen LogP contribution in [0.3, 0.4) is 0 Å². The Labute approximate surface area is 117 Å². The lowest BCUT2D eigenvalue weighted by Gasteiger charge is -2.27. The van der Waals surface area contributed by atoms with Crippen molar-refractivity contribution in [2.24, 2.45) is 0 Å². The first kappa shape index (κ1) is 13.9. The first-order valence-electron chi connectivity index (χ1n) is 5.04. The van der Waals surface area contributed by atoms with Crippen LogP contribution in [0, 0.1) is 0 Å². The van der Waals surface area contributed by atoms with Crippen molar-refractivity contribution in [1.29, 1.82) is 0 Å². The number of halogens is 1. The van der Waals surface area contributed by atoms with Gasteiger partial charge in [-0.05, 0) is 22.0 Å². The largest absolute Gasteiger partial charge is 0.465 e. The van der Waals surface area contributed by atoms with Gasteiger partial charge in [0.2, 0.25) is 10.0 Å². The fourth-order valence-corrected chi connectivity index (χ4v) is 5.11. The van der Waals surface area contributed by atoms with Crippen LogP contribution in [-0.4, -0.2) is 40.6 Å². The summed E-state index contributed by atoms with van der Waals surface area (Å²) in [5.74, 6) is -0.549. The van der Waals surface area contributed by atoms with E-state index in [-0.39, 0.29) is 15.8 Å². The molecule has 0 atom stereocenters. The van der Waals surface area contributed by atoms with Gasteiger partial charge in [0.25, 0.3) is 0 Å². The summed E-state index contributed by atoms with van der Waals surface area (Å²) in [7, 11) is -2.35. The molecule has 0 spiro atoms. The van der Waals surface area contributed by atoms with Gasteiger partial charge in [-0.3, -0.25) is 0 Å². The summed E-state index contributed by atoms with van der Waals surface area (Å²) < 4.78 is 31.6. The number of hydrogen-bond donors (Lipinski definition) is 2. The number of carbonyl (C=O) groups is 1. The quantitative estimate of drug-likeness (QED) is 0.771. The Morgan fingerprint density at radius 1 is 1.61 bits per heavy atom. The van der Waals surface area contributed by atoms with Gasteiger partial charge in [-0.25, -0.2) is 17.9 Å². The Balaban J connectivity index is 2.26. The lowest BCUT2D eigenvalue weighted by Crippen LogP contribution is -2.56. The number of thiophene rings is 1. The number of rotatable bonds is 4. The highest BCUT2D eigenvalue weighted by Gasteiger charge is 2.28. The maximum absolute atomic E-state index is 12.1. The second kappa shape index (κ2) is 5.25. The van der Waals surface area contributed by atoms with Crippen LogP contribution >= 0.6 is 27.3 Å². The number of methoxy groups -OCH3 is 1. The average molecular weight is 355 g/mol. The van der Waals surface area contributed by atoms with E-state index in [1.165, 1.54) is 13.2 Å². The molecule has 100 valence electrons. The van der Waals surface area contributed by atoms with E-state index in [1.54, 1.807) is 0 Å². The van der Waals surface area contributed by atoms with E-state index in [2.05, 4.69) is 30.7 Å². The van der Waals surface area contributed by atoms with E-state index in [4.69, 9.17) is 0 Å². The van der Waals surface area contributed by atoms with Crippen LogP contribution in [0.25, 0.3) is 0 Å². The Morgan fingerprint density at radius 3 is 2.78 bits per heavy atom. The van der Waals surface area contributed by atoms with E-state index in [0.29, 0.717) is 16.9 Å². The molecular formula is C9H11BrN2O4S2. The third kappa shape index (κ3) is 2.75. The van der Waals surface area contributed by atoms with Crippen LogP contribution in [0.2, 0.25) is 0 Å². The van der Waals surface area contributed by atoms with Gasteiger partial charge in [-0.2, -0.15) is 0 Å². The predicted molar refractivity (Wildman–Crippen MR) is 70.3 cm³/mol. The average Bonchev–Trinajstić information content (AvgIpc) is 2.66. The minimum absolute atomic E-state index is 0.0693. The summed E-state index contributed by atoms with van der Waals surface area (Å²) in [4.78, 5) is 11.7. The number of sulfonamides is 1. The molecule has 6 nitrogen and oxygen atoms in total.